The molecule has 10 heteroatoms. The van der Waals surface area contributed by atoms with Crippen LogP contribution >= 0.6 is 0 Å². The first-order chi connectivity index (χ1) is 16.9. The number of hydrogen-bond donors (Lipinski definition) is 0. The molecule has 0 unspecified atom stereocenters. The normalized spacial score (nSPS) is 20.4. The van der Waals surface area contributed by atoms with Gasteiger partial charge in [0.25, 0.3) is 5.89 Å². The molecule has 36 heavy (non-hydrogen) atoms. The van der Waals surface area contributed by atoms with Gasteiger partial charge in [-0.15, -0.1) is 0 Å². The molecule has 3 heterocycles. The maximum absolute atomic E-state index is 12.0. The van der Waals surface area contributed by atoms with Crippen LogP contribution in [0.3, 0.4) is 0 Å². The Morgan fingerprint density at radius 1 is 1.14 bits per heavy atom. The first-order valence-corrected chi connectivity index (χ1v) is 12.4. The molecule has 1 aromatic carbocycles. The van der Waals surface area contributed by atoms with Crippen LogP contribution < -0.4 is 5.46 Å². The number of amides is 1. The lowest BCUT2D eigenvalue weighted by molar-refractivity contribution is -0.129. The Bertz CT molecular complexity index is 1250. The van der Waals surface area contributed by atoms with Crippen LogP contribution in [0, 0.1) is 5.92 Å². The van der Waals surface area contributed by atoms with Crippen LogP contribution in [0.4, 0.5) is 0 Å². The van der Waals surface area contributed by atoms with E-state index in [9.17, 15) is 4.79 Å². The van der Waals surface area contributed by atoms with Crippen LogP contribution in [0.5, 0.6) is 0 Å². The van der Waals surface area contributed by atoms with E-state index < -0.39 is 7.12 Å². The molecule has 2 aromatic heterocycles. The highest BCUT2D eigenvalue weighted by atomic mass is 16.7. The van der Waals surface area contributed by atoms with Crippen molar-refractivity contribution in [3.05, 3.63) is 48.0 Å². The highest BCUT2D eigenvalue weighted by Crippen LogP contribution is 2.50. The maximum Gasteiger partial charge on any atom is 0.494 e. The third-order valence-corrected chi connectivity index (χ3v) is 8.00. The first kappa shape index (κ1) is 24.7. The smallest absolute Gasteiger partial charge is 0.399 e. The summed E-state index contributed by atoms with van der Waals surface area (Å²) < 4.78 is 19.7. The van der Waals surface area contributed by atoms with Gasteiger partial charge in [0.2, 0.25) is 5.91 Å². The van der Waals surface area contributed by atoms with Gasteiger partial charge in [0, 0.05) is 20.3 Å². The molecule has 0 spiro atoms. The van der Waals surface area contributed by atoms with E-state index in [1.807, 2.05) is 0 Å². The van der Waals surface area contributed by atoms with E-state index in [1.54, 1.807) is 31.2 Å². The molecular weight excluding hydrogens is 457 g/mol. The van der Waals surface area contributed by atoms with Crippen LogP contribution in [-0.4, -0.2) is 63.1 Å². The van der Waals surface area contributed by atoms with Gasteiger partial charge in [-0.05, 0) is 64.4 Å². The van der Waals surface area contributed by atoms with E-state index in [0.29, 0.717) is 23.2 Å². The van der Waals surface area contributed by atoms with Crippen molar-refractivity contribution in [3.63, 3.8) is 0 Å². The van der Waals surface area contributed by atoms with Gasteiger partial charge >= 0.3 is 7.12 Å². The van der Waals surface area contributed by atoms with Crippen molar-refractivity contribution in [2.24, 2.45) is 5.92 Å². The topological polar surface area (TPSA) is 95.5 Å². The van der Waals surface area contributed by atoms with Crippen LogP contribution in [0.15, 0.2) is 41.2 Å². The summed E-state index contributed by atoms with van der Waals surface area (Å²) in [5.74, 6) is 1.45. The van der Waals surface area contributed by atoms with E-state index in [-0.39, 0.29) is 29.1 Å². The minimum Gasteiger partial charge on any atom is -0.399 e. The summed E-state index contributed by atoms with van der Waals surface area (Å²) in [6.45, 7) is 10.6. The molecule has 3 aromatic rings. The average Bonchev–Trinajstić information content (AvgIpc) is 3.29. The van der Waals surface area contributed by atoms with E-state index in [2.05, 4.69) is 69.1 Å². The van der Waals surface area contributed by atoms with E-state index in [0.717, 1.165) is 23.9 Å². The van der Waals surface area contributed by atoms with Crippen LogP contribution in [0.1, 0.15) is 58.8 Å². The van der Waals surface area contributed by atoms with Crippen molar-refractivity contribution >= 4 is 18.5 Å². The minimum absolute atomic E-state index is 0.0406. The summed E-state index contributed by atoms with van der Waals surface area (Å²) in [5.41, 5.74) is 1.66. The molecule has 1 saturated heterocycles. The number of likely N-dealkylation sites (N-methyl/N-ethyl adjacent to an activating group) is 1. The SMILES string of the molecule is CN(C)C(=O)Cn1cc(-c2nc([C@@](C)(c3ccc(B4OC(C)(C)C(C)(C)O4)cc3)C3CC3)no2)cn1. The second-order valence-electron chi connectivity index (χ2n) is 11.3. The Morgan fingerprint density at radius 2 is 1.78 bits per heavy atom. The van der Waals surface area contributed by atoms with Gasteiger partial charge in [-0.3, -0.25) is 9.48 Å². The lowest BCUT2D eigenvalue weighted by Gasteiger charge is -2.32. The van der Waals surface area contributed by atoms with Gasteiger partial charge in [0.15, 0.2) is 5.82 Å². The van der Waals surface area contributed by atoms with Crippen LogP contribution in [0.2, 0.25) is 0 Å². The van der Waals surface area contributed by atoms with Crippen molar-refractivity contribution in [1.29, 1.82) is 0 Å². The number of rotatable bonds is 7. The van der Waals surface area contributed by atoms with Gasteiger partial charge in [-0.2, -0.15) is 10.1 Å². The van der Waals surface area contributed by atoms with Gasteiger partial charge in [-0.25, -0.2) is 0 Å². The molecule has 2 aliphatic rings. The minimum atomic E-state index is -0.399. The monoisotopic (exact) mass is 491 g/mol. The number of nitrogens with zero attached hydrogens (tertiary/aromatic N) is 5. The zero-order chi connectivity index (χ0) is 25.9. The second-order valence-corrected chi connectivity index (χ2v) is 11.3. The molecule has 1 saturated carbocycles. The molecule has 0 N–H and O–H groups in total. The zero-order valence-corrected chi connectivity index (χ0v) is 22.1. The van der Waals surface area contributed by atoms with Crippen molar-refractivity contribution in [2.75, 3.05) is 14.1 Å². The first-order valence-electron chi connectivity index (χ1n) is 12.4. The molecule has 190 valence electrons. The molecule has 1 atom stereocenters. The third-order valence-electron chi connectivity index (χ3n) is 8.00. The fraction of sp³-hybridized carbons (Fsp3) is 0.538. The average molecular weight is 491 g/mol. The van der Waals surface area contributed by atoms with E-state index in [4.69, 9.17) is 18.8 Å². The Labute approximate surface area is 212 Å². The predicted octanol–water partition coefficient (Wildman–Crippen LogP) is 3.04. The Hall–Kier alpha value is -2.98. The molecule has 2 fully saturated rings. The Morgan fingerprint density at radius 3 is 2.36 bits per heavy atom. The fourth-order valence-electron chi connectivity index (χ4n) is 4.57. The van der Waals surface area contributed by atoms with Crippen molar-refractivity contribution in [1.82, 2.24) is 24.8 Å². The van der Waals surface area contributed by atoms with Gasteiger partial charge in [0.05, 0.1) is 28.4 Å². The van der Waals surface area contributed by atoms with Crippen LogP contribution in [-0.2, 0) is 26.1 Å². The summed E-state index contributed by atoms with van der Waals surface area (Å²) >= 11 is 0. The summed E-state index contributed by atoms with van der Waals surface area (Å²) in [5, 5.41) is 8.67. The summed E-state index contributed by atoms with van der Waals surface area (Å²) in [4.78, 5) is 18.3. The summed E-state index contributed by atoms with van der Waals surface area (Å²) in [6, 6.07) is 8.40. The predicted molar refractivity (Wildman–Crippen MR) is 136 cm³/mol. The fourth-order valence-corrected chi connectivity index (χ4v) is 4.57. The zero-order valence-electron chi connectivity index (χ0n) is 22.1. The second kappa shape index (κ2) is 8.56. The maximum atomic E-state index is 12.0. The van der Waals surface area contributed by atoms with Gasteiger partial charge in [0.1, 0.15) is 6.54 Å². The lowest BCUT2D eigenvalue weighted by Crippen LogP contribution is -2.41. The molecule has 0 radical (unpaired) electrons. The highest BCUT2D eigenvalue weighted by molar-refractivity contribution is 6.62. The van der Waals surface area contributed by atoms with Crippen molar-refractivity contribution in [2.45, 2.75) is 70.6 Å². The summed E-state index contributed by atoms with van der Waals surface area (Å²) in [7, 11) is 3.04. The molecule has 0 bridgehead atoms. The standard InChI is InChI=1S/C26H34BN5O4/c1-24(2)25(3,4)36-27(35-24)20-12-10-19(11-13-20)26(5,18-8-9-18)23-29-22(34-30-23)17-14-28-32(15-17)16-21(33)31(6)7/h10-15,18H,8-9,16H2,1-7H3/t26-/m1/s1. The van der Waals surface area contributed by atoms with Gasteiger partial charge < -0.3 is 18.7 Å². The molecule has 5 rings (SSSR count). The largest absolute Gasteiger partial charge is 0.494 e. The van der Waals surface area contributed by atoms with E-state index in [1.165, 1.54) is 4.90 Å². The highest BCUT2D eigenvalue weighted by Gasteiger charge is 2.52. The van der Waals surface area contributed by atoms with Crippen molar-refractivity contribution < 1.29 is 18.6 Å². The number of benzene rings is 1. The quantitative estimate of drug-likeness (QED) is 0.469. The molecule has 9 nitrogen and oxygen atoms in total. The number of carbonyl (C=O) groups is 1. The van der Waals surface area contributed by atoms with E-state index >= 15 is 0 Å². The molecule has 1 amide bonds. The third kappa shape index (κ3) is 4.26. The number of aromatic nitrogens is 4. The van der Waals surface area contributed by atoms with Crippen molar-refractivity contribution in [3.8, 4) is 11.5 Å². The Kier molecular flexibility index (Phi) is 5.87. The Balaban J connectivity index is 1.38. The number of carbonyl (C=O) groups excluding carboxylic acids is 1. The molecular formula is C26H34BN5O4. The molecule has 1 aliphatic heterocycles. The number of hydrogen-bond acceptors (Lipinski definition) is 7. The lowest BCUT2D eigenvalue weighted by atomic mass is 9.73. The molecule has 1 aliphatic carbocycles. The summed E-state index contributed by atoms with van der Waals surface area (Å²) in [6.07, 6.45) is 5.63. The van der Waals surface area contributed by atoms with Gasteiger partial charge in [-0.1, -0.05) is 29.4 Å². The van der Waals surface area contributed by atoms with Crippen LogP contribution in [0.25, 0.3) is 11.5 Å².